The molecular weight excluding hydrogens is 336 g/mol. The van der Waals surface area contributed by atoms with E-state index in [0.717, 1.165) is 0 Å². The molecule has 0 radical (unpaired) electrons. The van der Waals surface area contributed by atoms with Gasteiger partial charge in [0.2, 0.25) is 0 Å². The van der Waals surface area contributed by atoms with E-state index >= 15 is 0 Å². The molecule has 0 saturated carbocycles. The summed E-state index contributed by atoms with van der Waals surface area (Å²) in [6.07, 6.45) is -9.14. The van der Waals surface area contributed by atoms with E-state index in [2.05, 4.69) is 14.5 Å². The van der Waals surface area contributed by atoms with Gasteiger partial charge in [-0.3, -0.25) is 0 Å². The molecule has 0 atom stereocenters. The van der Waals surface area contributed by atoms with Gasteiger partial charge in [0.05, 0.1) is 13.7 Å². The van der Waals surface area contributed by atoms with Crippen molar-refractivity contribution in [2.75, 3.05) is 13.7 Å². The Morgan fingerprint density at radius 2 is 1.74 bits per heavy atom. The minimum absolute atomic E-state index is 0.417. The van der Waals surface area contributed by atoms with Crippen LogP contribution in [-0.2, 0) is 15.7 Å². The summed E-state index contributed by atoms with van der Waals surface area (Å²) in [6, 6.07) is 0. The lowest BCUT2D eigenvalue weighted by Crippen LogP contribution is -2.24. The topological polar surface area (TPSA) is 65.5 Å². The van der Waals surface area contributed by atoms with Crippen molar-refractivity contribution in [2.24, 2.45) is 0 Å². The summed E-state index contributed by atoms with van der Waals surface area (Å²) in [5.41, 5.74) is -7.31. The number of hydrogen-bond donors (Lipinski definition) is 0. The summed E-state index contributed by atoms with van der Waals surface area (Å²) >= 11 is 0. The van der Waals surface area contributed by atoms with Gasteiger partial charge in [-0.2, -0.15) is 13.2 Å². The second-order valence-electron chi connectivity index (χ2n) is 3.92. The van der Waals surface area contributed by atoms with E-state index in [9.17, 15) is 35.9 Å². The summed E-state index contributed by atoms with van der Waals surface area (Å²) in [5, 5.41) is 0. The molecule has 0 aliphatic carbocycles. The molecular formula is C12H9F6NO4. The number of carbonyl (C=O) groups is 2. The fourth-order valence-corrected chi connectivity index (χ4v) is 1.62. The Morgan fingerprint density at radius 3 is 2.13 bits per heavy atom. The second-order valence-corrected chi connectivity index (χ2v) is 3.92. The first-order valence-electron chi connectivity index (χ1n) is 5.90. The van der Waals surface area contributed by atoms with Crippen LogP contribution in [0.2, 0.25) is 0 Å². The number of hydrogen-bond acceptors (Lipinski definition) is 5. The second kappa shape index (κ2) is 6.84. The van der Waals surface area contributed by atoms with Crippen LogP contribution in [0.3, 0.4) is 0 Å². The van der Waals surface area contributed by atoms with Crippen molar-refractivity contribution in [1.82, 2.24) is 4.98 Å². The summed E-state index contributed by atoms with van der Waals surface area (Å²) in [6.45, 7) is 0.810. The summed E-state index contributed by atoms with van der Waals surface area (Å²) in [7, 11) is 0.693. The molecule has 0 saturated heterocycles. The molecule has 128 valence electrons. The van der Waals surface area contributed by atoms with E-state index < -0.39 is 59.5 Å². The zero-order valence-corrected chi connectivity index (χ0v) is 11.6. The highest BCUT2D eigenvalue weighted by molar-refractivity contribution is 5.97. The van der Waals surface area contributed by atoms with Crippen molar-refractivity contribution in [3.8, 4) is 0 Å². The number of alkyl halides is 5. The fraction of sp³-hybridized carbons (Fsp3) is 0.417. The Balaban J connectivity index is 3.85. The number of pyridine rings is 1. The number of methoxy groups -OCH3 is 1. The van der Waals surface area contributed by atoms with Gasteiger partial charge in [0.1, 0.15) is 16.8 Å². The molecule has 0 bridgehead atoms. The van der Waals surface area contributed by atoms with Gasteiger partial charge in [0, 0.05) is 0 Å². The maximum absolute atomic E-state index is 14.2. The molecule has 1 aromatic rings. The Labute approximate surface area is 125 Å². The number of carbonyl (C=O) groups excluding carboxylic acids is 2. The maximum atomic E-state index is 14.2. The Bertz CT molecular complexity index is 629. The largest absolute Gasteiger partial charge is 0.465 e. The average Bonchev–Trinajstić information content (AvgIpc) is 2.44. The van der Waals surface area contributed by atoms with Gasteiger partial charge >= 0.3 is 18.1 Å². The Hall–Kier alpha value is -2.33. The van der Waals surface area contributed by atoms with Gasteiger partial charge in [-0.05, 0) is 6.92 Å². The van der Waals surface area contributed by atoms with Crippen molar-refractivity contribution in [1.29, 1.82) is 0 Å². The van der Waals surface area contributed by atoms with E-state index in [1.54, 1.807) is 0 Å². The number of nitrogens with zero attached hydrogens (tertiary/aromatic N) is 1. The normalized spacial score (nSPS) is 11.5. The van der Waals surface area contributed by atoms with Crippen LogP contribution in [0.15, 0.2) is 0 Å². The zero-order chi connectivity index (χ0) is 17.9. The molecule has 0 N–H and O–H groups in total. The maximum Gasteiger partial charge on any atom is 0.434 e. The molecule has 23 heavy (non-hydrogen) atoms. The predicted molar refractivity (Wildman–Crippen MR) is 61.5 cm³/mol. The Morgan fingerprint density at radius 1 is 1.17 bits per heavy atom. The highest BCUT2D eigenvalue weighted by Gasteiger charge is 2.43. The first-order chi connectivity index (χ1) is 10.6. The van der Waals surface area contributed by atoms with E-state index in [1.165, 1.54) is 6.92 Å². The molecule has 5 nitrogen and oxygen atoms in total. The highest BCUT2D eigenvalue weighted by atomic mass is 19.4. The van der Waals surface area contributed by atoms with Crippen LogP contribution in [0.1, 0.15) is 45.5 Å². The van der Waals surface area contributed by atoms with Gasteiger partial charge < -0.3 is 9.47 Å². The molecule has 0 aliphatic rings. The minimum atomic E-state index is -5.43. The van der Waals surface area contributed by atoms with Crippen LogP contribution in [-0.4, -0.2) is 30.6 Å². The first-order valence-corrected chi connectivity index (χ1v) is 5.90. The van der Waals surface area contributed by atoms with E-state index in [0.29, 0.717) is 7.11 Å². The highest BCUT2D eigenvalue weighted by Crippen LogP contribution is 2.36. The van der Waals surface area contributed by atoms with Crippen molar-refractivity contribution in [3.63, 3.8) is 0 Å². The standard InChI is InChI=1S/C12H9F6NO4/c1-3-23-11(21)5-6(13)4(10(20)22-2)7(9(14)15)19-8(5)12(16,17)18/h9H,3H2,1-2H3. The van der Waals surface area contributed by atoms with Gasteiger partial charge in [0.15, 0.2) is 11.5 Å². The van der Waals surface area contributed by atoms with Gasteiger partial charge in [-0.1, -0.05) is 0 Å². The number of rotatable bonds is 4. The monoisotopic (exact) mass is 345 g/mol. The summed E-state index contributed by atoms with van der Waals surface area (Å²) in [5.74, 6) is -5.63. The molecule has 0 aromatic carbocycles. The molecule has 0 aliphatic heterocycles. The predicted octanol–water partition coefficient (Wildman–Crippen LogP) is 3.14. The van der Waals surface area contributed by atoms with E-state index in [-0.39, 0.29) is 0 Å². The molecule has 0 amide bonds. The molecule has 0 spiro atoms. The molecule has 1 rings (SSSR count). The van der Waals surface area contributed by atoms with E-state index in [1.807, 2.05) is 0 Å². The van der Waals surface area contributed by atoms with Gasteiger partial charge in [-0.15, -0.1) is 0 Å². The quantitative estimate of drug-likeness (QED) is 0.620. The minimum Gasteiger partial charge on any atom is -0.465 e. The van der Waals surface area contributed by atoms with Crippen LogP contribution in [0.4, 0.5) is 26.3 Å². The molecule has 0 unspecified atom stereocenters. The molecule has 0 fully saturated rings. The first kappa shape index (κ1) is 18.7. The third kappa shape index (κ3) is 3.71. The third-order valence-corrected chi connectivity index (χ3v) is 2.51. The van der Waals surface area contributed by atoms with Crippen LogP contribution in [0.5, 0.6) is 0 Å². The molecule has 1 heterocycles. The Kier molecular flexibility index (Phi) is 5.56. The number of halogens is 6. The van der Waals surface area contributed by atoms with Crippen molar-refractivity contribution >= 4 is 11.9 Å². The van der Waals surface area contributed by atoms with Crippen molar-refractivity contribution in [3.05, 3.63) is 28.3 Å². The van der Waals surface area contributed by atoms with Crippen molar-refractivity contribution < 1.29 is 45.4 Å². The van der Waals surface area contributed by atoms with E-state index in [4.69, 9.17) is 0 Å². The zero-order valence-electron chi connectivity index (χ0n) is 11.6. The lowest BCUT2D eigenvalue weighted by Gasteiger charge is -2.16. The number of esters is 2. The number of ether oxygens (including phenoxy) is 2. The summed E-state index contributed by atoms with van der Waals surface area (Å²) < 4.78 is 86.9. The van der Waals surface area contributed by atoms with Crippen LogP contribution >= 0.6 is 0 Å². The average molecular weight is 345 g/mol. The summed E-state index contributed by atoms with van der Waals surface area (Å²) in [4.78, 5) is 25.5. The van der Waals surface area contributed by atoms with Gasteiger partial charge in [0.25, 0.3) is 6.43 Å². The van der Waals surface area contributed by atoms with Gasteiger partial charge in [-0.25, -0.2) is 27.7 Å². The number of aromatic nitrogens is 1. The fourth-order valence-electron chi connectivity index (χ4n) is 1.62. The van der Waals surface area contributed by atoms with Crippen LogP contribution < -0.4 is 0 Å². The lowest BCUT2D eigenvalue weighted by atomic mass is 10.1. The SMILES string of the molecule is CCOC(=O)c1c(C(F)(F)F)nc(C(F)F)c(C(=O)OC)c1F. The van der Waals surface area contributed by atoms with Crippen LogP contribution in [0.25, 0.3) is 0 Å². The van der Waals surface area contributed by atoms with Crippen molar-refractivity contribution in [2.45, 2.75) is 19.5 Å². The third-order valence-electron chi connectivity index (χ3n) is 2.51. The molecule has 11 heteroatoms. The lowest BCUT2D eigenvalue weighted by molar-refractivity contribution is -0.142. The smallest absolute Gasteiger partial charge is 0.434 e. The molecule has 1 aromatic heterocycles. The van der Waals surface area contributed by atoms with Crippen LogP contribution in [0, 0.1) is 5.82 Å².